The average Bonchev–Trinajstić information content (AvgIpc) is 3.68. The van der Waals surface area contributed by atoms with Crippen molar-refractivity contribution in [1.82, 2.24) is 25.0 Å². The minimum Gasteiger partial charge on any atom is -0.403 e. The van der Waals surface area contributed by atoms with E-state index in [4.69, 9.17) is 14.1 Å². The minimum absolute atomic E-state index is 0.0689. The highest BCUT2D eigenvalue weighted by Crippen LogP contribution is 2.33. The van der Waals surface area contributed by atoms with Gasteiger partial charge in [-0.3, -0.25) is 4.79 Å². The first-order chi connectivity index (χ1) is 21.8. The monoisotopic (exact) mass is 615 g/mol. The number of benzene rings is 2. The Labute approximate surface area is 253 Å². The molecule has 12 nitrogen and oxygen atoms in total. The second-order valence-electron chi connectivity index (χ2n) is 10.2. The lowest BCUT2D eigenvalue weighted by molar-refractivity contribution is -0.137. The van der Waals surface area contributed by atoms with Gasteiger partial charge in [0.25, 0.3) is 11.8 Å². The maximum atomic E-state index is 13.3. The molecule has 1 amide bonds. The highest BCUT2D eigenvalue weighted by molar-refractivity contribution is 6.19. The molecule has 1 saturated heterocycles. The first-order valence-electron chi connectivity index (χ1n) is 13.9. The summed E-state index contributed by atoms with van der Waals surface area (Å²) >= 11 is 0. The van der Waals surface area contributed by atoms with Gasteiger partial charge >= 0.3 is 12.2 Å². The molecular formula is C30H24F3N9O3. The third-order valence-electron chi connectivity index (χ3n) is 7.22. The Morgan fingerprint density at radius 1 is 0.933 bits per heavy atom. The molecule has 0 radical (unpaired) electrons. The maximum Gasteiger partial charge on any atom is 0.417 e. The number of alkyl halides is 3. The van der Waals surface area contributed by atoms with Gasteiger partial charge < -0.3 is 24.7 Å². The van der Waals surface area contributed by atoms with Crippen LogP contribution in [0.15, 0.2) is 88.5 Å². The van der Waals surface area contributed by atoms with Crippen molar-refractivity contribution in [3.05, 3.63) is 95.8 Å². The Bertz CT molecular complexity index is 1860. The van der Waals surface area contributed by atoms with Gasteiger partial charge in [0.1, 0.15) is 5.56 Å². The Balaban J connectivity index is 1.21. The second-order valence-corrected chi connectivity index (χ2v) is 10.2. The summed E-state index contributed by atoms with van der Waals surface area (Å²) in [5, 5.41) is 18.7. The molecule has 7 rings (SSSR count). The lowest BCUT2D eigenvalue weighted by Gasteiger charge is -2.27. The Hall–Kier alpha value is -5.57. The van der Waals surface area contributed by atoms with Crippen molar-refractivity contribution < 1.29 is 27.1 Å². The van der Waals surface area contributed by atoms with Gasteiger partial charge in [0.2, 0.25) is 6.17 Å². The van der Waals surface area contributed by atoms with Crippen LogP contribution < -0.4 is 15.5 Å². The van der Waals surface area contributed by atoms with E-state index >= 15 is 0 Å². The van der Waals surface area contributed by atoms with E-state index in [0.29, 0.717) is 49.1 Å². The zero-order valence-electron chi connectivity index (χ0n) is 23.4. The molecule has 1 unspecified atom stereocenters. The van der Waals surface area contributed by atoms with Gasteiger partial charge in [-0.2, -0.15) is 13.2 Å². The molecule has 0 aliphatic carbocycles. The number of aromatic nitrogens is 5. The number of rotatable bonds is 6. The molecule has 1 atom stereocenters. The molecule has 0 bridgehead atoms. The van der Waals surface area contributed by atoms with Crippen LogP contribution in [0.3, 0.4) is 0 Å². The number of benzodiazepines with no additional fused rings is 1. The molecule has 2 aromatic carbocycles. The van der Waals surface area contributed by atoms with Crippen molar-refractivity contribution in [2.75, 3.05) is 41.8 Å². The lowest BCUT2D eigenvalue weighted by atomic mass is 10.0. The number of fused-ring (bicyclic) bond motifs is 1. The fourth-order valence-electron chi connectivity index (χ4n) is 5.02. The van der Waals surface area contributed by atoms with Crippen LogP contribution in [0.1, 0.15) is 16.7 Å². The molecule has 2 N–H and O–H groups in total. The number of nitrogens with one attached hydrogen (secondary N) is 2. The van der Waals surface area contributed by atoms with E-state index in [2.05, 4.69) is 30.9 Å². The number of anilines is 3. The summed E-state index contributed by atoms with van der Waals surface area (Å²) in [5.41, 5.74) is 2.33. The first kappa shape index (κ1) is 28.2. The van der Waals surface area contributed by atoms with Crippen LogP contribution in [0.2, 0.25) is 0 Å². The van der Waals surface area contributed by atoms with E-state index in [1.165, 1.54) is 10.7 Å². The van der Waals surface area contributed by atoms with E-state index in [1.807, 2.05) is 53.4 Å². The van der Waals surface area contributed by atoms with Crippen molar-refractivity contribution in [3.8, 4) is 17.3 Å². The first-order valence-corrected chi connectivity index (χ1v) is 13.9. The third-order valence-corrected chi connectivity index (χ3v) is 7.22. The largest absolute Gasteiger partial charge is 0.417 e. The van der Waals surface area contributed by atoms with Crippen LogP contribution in [0, 0.1) is 0 Å². The third kappa shape index (κ3) is 5.72. The van der Waals surface area contributed by atoms with Gasteiger partial charge in [-0.05, 0) is 18.2 Å². The highest BCUT2D eigenvalue weighted by atomic mass is 19.4. The standard InChI is InChI=1S/C30H24F3N9O3/c31-30(32,33)19-10-11-23(34-16-19)42-17-21(26(40-42)41-12-14-44-15-13-41)28-38-39-29(45-28)37-25-27(43)35-22-9-5-4-8-20(22)24(36-25)18-6-2-1-3-7-18/h1-11,16-17,25H,12-15H2,(H,35,43)(H,37,39). The van der Waals surface area contributed by atoms with Crippen molar-refractivity contribution in [2.24, 2.45) is 4.99 Å². The second kappa shape index (κ2) is 11.5. The normalized spacial score (nSPS) is 16.9. The fraction of sp³-hybridized carbons (Fsp3) is 0.200. The number of hydrogen-bond acceptors (Lipinski definition) is 10. The summed E-state index contributed by atoms with van der Waals surface area (Å²) in [5.74, 6) is 0.270. The molecule has 15 heteroatoms. The molecule has 1 fully saturated rings. The Morgan fingerprint density at radius 3 is 2.47 bits per heavy atom. The predicted octanol–water partition coefficient (Wildman–Crippen LogP) is 4.40. The topological polar surface area (TPSA) is 136 Å². The molecule has 5 aromatic rings. The summed E-state index contributed by atoms with van der Waals surface area (Å²) in [6.07, 6.45) is -3.33. The number of aliphatic imine (C=N–C) groups is 1. The van der Waals surface area contributed by atoms with Gasteiger partial charge in [0.15, 0.2) is 11.6 Å². The van der Waals surface area contributed by atoms with Crippen LogP contribution in [0.5, 0.6) is 0 Å². The maximum absolute atomic E-state index is 13.3. The van der Waals surface area contributed by atoms with E-state index in [9.17, 15) is 18.0 Å². The number of halogens is 3. The summed E-state index contributed by atoms with van der Waals surface area (Å²) in [7, 11) is 0. The fourth-order valence-corrected chi connectivity index (χ4v) is 5.02. The number of pyridine rings is 1. The summed E-state index contributed by atoms with van der Waals surface area (Å²) in [4.78, 5) is 23.9. The molecule has 45 heavy (non-hydrogen) atoms. The quantitative estimate of drug-likeness (QED) is 0.285. The van der Waals surface area contributed by atoms with Gasteiger partial charge in [-0.15, -0.1) is 10.2 Å². The van der Waals surface area contributed by atoms with Crippen LogP contribution in [0.25, 0.3) is 17.3 Å². The molecule has 2 aliphatic heterocycles. The minimum atomic E-state index is -4.52. The SMILES string of the molecule is O=C1Nc2ccccc2C(c2ccccc2)=NC1Nc1nnc(-c2cn(-c3ccc(C(F)(F)F)cn3)nc2N2CCOCC2)o1. The van der Waals surface area contributed by atoms with Crippen molar-refractivity contribution in [1.29, 1.82) is 0 Å². The molecule has 0 spiro atoms. The molecule has 0 saturated carbocycles. The number of para-hydroxylation sites is 1. The van der Waals surface area contributed by atoms with Crippen molar-refractivity contribution >= 4 is 29.1 Å². The number of carbonyl (C=O) groups excluding carboxylic acids is 1. The summed E-state index contributed by atoms with van der Waals surface area (Å²) in [6.45, 7) is 1.96. The number of morpholine rings is 1. The lowest BCUT2D eigenvalue weighted by Crippen LogP contribution is -2.36. The molecule has 5 heterocycles. The molecular weight excluding hydrogens is 591 g/mol. The zero-order chi connectivity index (χ0) is 31.0. The van der Waals surface area contributed by atoms with Gasteiger partial charge in [-0.1, -0.05) is 53.6 Å². The molecule has 3 aromatic heterocycles. The number of ether oxygens (including phenoxy) is 1. The van der Waals surface area contributed by atoms with Crippen LogP contribution in [-0.2, 0) is 15.7 Å². The highest BCUT2D eigenvalue weighted by Gasteiger charge is 2.32. The van der Waals surface area contributed by atoms with Crippen LogP contribution in [0.4, 0.5) is 30.7 Å². The average molecular weight is 616 g/mol. The Morgan fingerprint density at radius 2 is 1.71 bits per heavy atom. The van der Waals surface area contributed by atoms with Crippen LogP contribution >= 0.6 is 0 Å². The Kier molecular flexibility index (Phi) is 7.21. The molecule has 2 aliphatic rings. The van der Waals surface area contributed by atoms with Crippen molar-refractivity contribution in [2.45, 2.75) is 12.3 Å². The summed E-state index contributed by atoms with van der Waals surface area (Å²) in [6, 6.07) is 19.0. The van der Waals surface area contributed by atoms with Gasteiger partial charge in [0, 0.05) is 36.6 Å². The predicted molar refractivity (Wildman–Crippen MR) is 157 cm³/mol. The number of carbonyl (C=O) groups is 1. The van der Waals surface area contributed by atoms with E-state index in [0.717, 1.165) is 23.4 Å². The number of hydrogen-bond donors (Lipinski definition) is 2. The number of nitrogens with zero attached hydrogens (tertiary/aromatic N) is 7. The van der Waals surface area contributed by atoms with Crippen LogP contribution in [-0.4, -0.2) is 69.0 Å². The van der Waals surface area contributed by atoms with E-state index in [-0.39, 0.29) is 17.7 Å². The smallest absolute Gasteiger partial charge is 0.403 e. The summed E-state index contributed by atoms with van der Waals surface area (Å²) < 4.78 is 52.1. The molecule has 228 valence electrons. The van der Waals surface area contributed by atoms with Gasteiger partial charge in [0.05, 0.1) is 30.2 Å². The number of amides is 1. The van der Waals surface area contributed by atoms with E-state index < -0.39 is 23.8 Å². The van der Waals surface area contributed by atoms with Crippen molar-refractivity contribution in [3.63, 3.8) is 0 Å². The van der Waals surface area contributed by atoms with Gasteiger partial charge in [-0.25, -0.2) is 14.7 Å². The zero-order valence-corrected chi connectivity index (χ0v) is 23.4. The van der Waals surface area contributed by atoms with E-state index in [1.54, 1.807) is 12.3 Å².